The molecular weight excluding hydrogens is 289 g/mol. The Kier molecular flexibility index (Phi) is 4.97. The number of fused-ring (bicyclic) bond motifs is 1. The molecule has 2 heterocycles. The van der Waals surface area contributed by atoms with Crippen molar-refractivity contribution in [3.05, 3.63) is 24.2 Å². The fraction of sp³-hybridized carbons (Fsp3) is 0.500. The van der Waals surface area contributed by atoms with Crippen LogP contribution in [0.25, 0.3) is 5.52 Å². The Bertz CT molecular complexity index is 585. The standard InChI is InChI=1S/C12H15F3N4O2/c1-20-6-7-21-5-3-17-11-9-8-10(12(13,14)15)18-19(9)4-2-16-11/h2,4,8H,3,5-7H2,1H3,(H,16,17). The normalized spacial score (nSPS) is 12.0. The van der Waals surface area contributed by atoms with Crippen LogP contribution in [-0.2, 0) is 15.7 Å². The molecule has 116 valence electrons. The van der Waals surface area contributed by atoms with Gasteiger partial charge in [-0.2, -0.15) is 18.3 Å². The molecule has 2 aromatic heterocycles. The summed E-state index contributed by atoms with van der Waals surface area (Å²) in [6.07, 6.45) is -1.73. The lowest BCUT2D eigenvalue weighted by Crippen LogP contribution is -2.13. The summed E-state index contributed by atoms with van der Waals surface area (Å²) in [6, 6.07) is 0.959. The first-order chi connectivity index (χ1) is 10.0. The third-order valence-electron chi connectivity index (χ3n) is 2.65. The summed E-state index contributed by atoms with van der Waals surface area (Å²) in [4.78, 5) is 4.02. The first-order valence-electron chi connectivity index (χ1n) is 6.24. The fourth-order valence-corrected chi connectivity index (χ4v) is 1.68. The van der Waals surface area contributed by atoms with Gasteiger partial charge >= 0.3 is 6.18 Å². The molecule has 0 aliphatic rings. The van der Waals surface area contributed by atoms with E-state index in [-0.39, 0.29) is 5.52 Å². The summed E-state index contributed by atoms with van der Waals surface area (Å²) in [6.45, 7) is 1.77. The minimum Gasteiger partial charge on any atom is -0.382 e. The Balaban J connectivity index is 2.01. The Morgan fingerprint density at radius 2 is 2.10 bits per heavy atom. The van der Waals surface area contributed by atoms with Crippen LogP contribution < -0.4 is 5.32 Å². The van der Waals surface area contributed by atoms with Gasteiger partial charge in [-0.1, -0.05) is 0 Å². The summed E-state index contributed by atoms with van der Waals surface area (Å²) >= 11 is 0. The summed E-state index contributed by atoms with van der Waals surface area (Å²) in [7, 11) is 1.57. The molecule has 0 saturated heterocycles. The van der Waals surface area contributed by atoms with E-state index in [1.165, 1.54) is 12.4 Å². The lowest BCUT2D eigenvalue weighted by molar-refractivity contribution is -0.141. The summed E-state index contributed by atoms with van der Waals surface area (Å²) in [5.41, 5.74) is -0.684. The van der Waals surface area contributed by atoms with Gasteiger partial charge in [-0.25, -0.2) is 9.50 Å². The van der Waals surface area contributed by atoms with E-state index in [2.05, 4.69) is 15.4 Å². The molecule has 6 nitrogen and oxygen atoms in total. The second-order valence-corrected chi connectivity index (χ2v) is 4.16. The van der Waals surface area contributed by atoms with Gasteiger partial charge in [0.1, 0.15) is 5.52 Å². The average Bonchev–Trinajstić information content (AvgIpc) is 2.87. The lowest BCUT2D eigenvalue weighted by Gasteiger charge is -2.07. The second kappa shape index (κ2) is 6.72. The molecule has 2 aromatic rings. The predicted molar refractivity (Wildman–Crippen MR) is 69.2 cm³/mol. The van der Waals surface area contributed by atoms with Crippen LogP contribution in [0.3, 0.4) is 0 Å². The van der Waals surface area contributed by atoms with Crippen LogP contribution in [0, 0.1) is 0 Å². The summed E-state index contributed by atoms with van der Waals surface area (Å²) in [5.74, 6) is 0.329. The maximum absolute atomic E-state index is 12.6. The highest BCUT2D eigenvalue weighted by Crippen LogP contribution is 2.29. The molecule has 0 bridgehead atoms. The van der Waals surface area contributed by atoms with Crippen molar-refractivity contribution in [1.82, 2.24) is 14.6 Å². The van der Waals surface area contributed by atoms with Crippen LogP contribution in [0.15, 0.2) is 18.5 Å². The number of nitrogens with zero attached hydrogens (tertiary/aromatic N) is 3. The third kappa shape index (κ3) is 4.05. The van der Waals surface area contributed by atoms with E-state index in [4.69, 9.17) is 9.47 Å². The largest absolute Gasteiger partial charge is 0.435 e. The van der Waals surface area contributed by atoms with Crippen LogP contribution in [0.2, 0.25) is 0 Å². The molecule has 0 atom stereocenters. The molecule has 0 fully saturated rings. The van der Waals surface area contributed by atoms with Crippen LogP contribution >= 0.6 is 0 Å². The van der Waals surface area contributed by atoms with E-state index in [1.54, 1.807) is 7.11 Å². The Morgan fingerprint density at radius 3 is 2.81 bits per heavy atom. The van der Waals surface area contributed by atoms with Gasteiger partial charge in [0.2, 0.25) is 0 Å². The quantitative estimate of drug-likeness (QED) is 0.791. The molecule has 0 aromatic carbocycles. The van der Waals surface area contributed by atoms with Gasteiger partial charge in [-0.15, -0.1) is 0 Å². The first-order valence-corrected chi connectivity index (χ1v) is 6.24. The molecule has 9 heteroatoms. The Morgan fingerprint density at radius 1 is 1.29 bits per heavy atom. The van der Waals surface area contributed by atoms with E-state index in [9.17, 15) is 13.2 Å². The van der Waals surface area contributed by atoms with Gasteiger partial charge in [-0.3, -0.25) is 0 Å². The molecule has 21 heavy (non-hydrogen) atoms. The molecule has 0 spiro atoms. The monoisotopic (exact) mass is 304 g/mol. The van der Waals surface area contributed by atoms with Crippen LogP contribution in [-0.4, -0.2) is 48.1 Å². The zero-order chi connectivity index (χ0) is 15.3. The maximum Gasteiger partial charge on any atom is 0.435 e. The summed E-state index contributed by atoms with van der Waals surface area (Å²) in [5, 5.41) is 6.40. The molecule has 2 rings (SSSR count). The van der Waals surface area contributed by atoms with Crippen molar-refractivity contribution >= 4 is 11.3 Å². The van der Waals surface area contributed by atoms with Crippen molar-refractivity contribution in [3.8, 4) is 0 Å². The van der Waals surface area contributed by atoms with E-state index < -0.39 is 11.9 Å². The first kappa shape index (κ1) is 15.5. The highest BCUT2D eigenvalue weighted by Gasteiger charge is 2.34. The number of alkyl halides is 3. The number of aromatic nitrogens is 3. The number of hydrogen-bond acceptors (Lipinski definition) is 5. The number of anilines is 1. The van der Waals surface area contributed by atoms with Crippen LogP contribution in [0.1, 0.15) is 5.69 Å². The van der Waals surface area contributed by atoms with Gasteiger partial charge in [0.15, 0.2) is 11.5 Å². The maximum atomic E-state index is 12.6. The Labute approximate surface area is 118 Å². The van der Waals surface area contributed by atoms with E-state index in [0.717, 1.165) is 10.6 Å². The molecule has 0 unspecified atom stereocenters. The SMILES string of the molecule is COCCOCCNc1nccn2nc(C(F)(F)F)cc12. The number of rotatable bonds is 7. The average molecular weight is 304 g/mol. The zero-order valence-electron chi connectivity index (χ0n) is 11.4. The number of methoxy groups -OCH3 is 1. The van der Waals surface area contributed by atoms with Crippen molar-refractivity contribution in [2.75, 3.05) is 38.8 Å². The van der Waals surface area contributed by atoms with Gasteiger partial charge in [0, 0.05) is 32.1 Å². The molecule has 0 aliphatic carbocycles. The van der Waals surface area contributed by atoms with Gasteiger partial charge < -0.3 is 14.8 Å². The zero-order valence-corrected chi connectivity index (χ0v) is 11.4. The van der Waals surface area contributed by atoms with Gasteiger partial charge in [0.25, 0.3) is 0 Å². The predicted octanol–water partition coefficient (Wildman–Crippen LogP) is 1.82. The number of hydrogen-bond donors (Lipinski definition) is 1. The minimum atomic E-state index is -4.48. The minimum absolute atomic E-state index is 0.265. The van der Waals surface area contributed by atoms with Crippen LogP contribution in [0.5, 0.6) is 0 Å². The summed E-state index contributed by atoms with van der Waals surface area (Å²) < 4.78 is 49.1. The van der Waals surface area contributed by atoms with Crippen molar-refractivity contribution < 1.29 is 22.6 Å². The van der Waals surface area contributed by atoms with Crippen LogP contribution in [0.4, 0.5) is 19.0 Å². The molecule has 1 N–H and O–H groups in total. The lowest BCUT2D eigenvalue weighted by atomic mass is 10.3. The van der Waals surface area contributed by atoms with Gasteiger partial charge in [-0.05, 0) is 0 Å². The Hall–Kier alpha value is -1.87. The van der Waals surface area contributed by atoms with E-state index in [1.807, 2.05) is 0 Å². The smallest absolute Gasteiger partial charge is 0.382 e. The molecule has 0 aliphatic heterocycles. The highest BCUT2D eigenvalue weighted by molar-refractivity contribution is 5.67. The van der Waals surface area contributed by atoms with E-state index >= 15 is 0 Å². The number of ether oxygens (including phenoxy) is 2. The second-order valence-electron chi connectivity index (χ2n) is 4.16. The highest BCUT2D eigenvalue weighted by atomic mass is 19.4. The number of halogens is 3. The van der Waals surface area contributed by atoms with Crippen molar-refractivity contribution in [1.29, 1.82) is 0 Å². The van der Waals surface area contributed by atoms with Gasteiger partial charge in [0.05, 0.1) is 19.8 Å². The molecule has 0 radical (unpaired) electrons. The van der Waals surface area contributed by atoms with Crippen molar-refractivity contribution in [3.63, 3.8) is 0 Å². The van der Waals surface area contributed by atoms with Crippen molar-refractivity contribution in [2.45, 2.75) is 6.18 Å². The van der Waals surface area contributed by atoms with E-state index in [0.29, 0.717) is 32.2 Å². The fourth-order valence-electron chi connectivity index (χ4n) is 1.68. The third-order valence-corrected chi connectivity index (χ3v) is 2.65. The molecular formula is C12H15F3N4O2. The topological polar surface area (TPSA) is 60.7 Å². The molecule has 0 amide bonds. The van der Waals surface area contributed by atoms with Crippen molar-refractivity contribution in [2.24, 2.45) is 0 Å². The number of nitrogens with one attached hydrogen (secondary N) is 1. The molecule has 0 saturated carbocycles.